The van der Waals surface area contributed by atoms with E-state index in [1.54, 1.807) is 38.1 Å². The van der Waals surface area contributed by atoms with Gasteiger partial charge in [0.2, 0.25) is 5.91 Å². The van der Waals surface area contributed by atoms with E-state index in [1.807, 2.05) is 0 Å². The Labute approximate surface area is 111 Å². The summed E-state index contributed by atoms with van der Waals surface area (Å²) in [5, 5.41) is 2.67. The second-order valence-corrected chi connectivity index (χ2v) is 4.40. The smallest absolute Gasteiger partial charge is 0.338 e. The molecule has 1 N–H and O–H groups in total. The molecule has 18 heavy (non-hydrogen) atoms. The van der Waals surface area contributed by atoms with Crippen molar-refractivity contribution >= 4 is 29.2 Å². The average molecular weight is 270 g/mol. The van der Waals surface area contributed by atoms with E-state index in [1.165, 1.54) is 0 Å². The van der Waals surface area contributed by atoms with Gasteiger partial charge in [-0.2, -0.15) is 0 Å². The summed E-state index contributed by atoms with van der Waals surface area (Å²) >= 11 is 5.46. The van der Waals surface area contributed by atoms with Crippen molar-refractivity contribution in [1.82, 2.24) is 0 Å². The monoisotopic (exact) mass is 269 g/mol. The topological polar surface area (TPSA) is 55.4 Å². The summed E-state index contributed by atoms with van der Waals surface area (Å²) in [6.07, 6.45) is 0.110. The first kappa shape index (κ1) is 14.5. The Hall–Kier alpha value is -1.55. The summed E-state index contributed by atoms with van der Waals surface area (Å²) in [5.41, 5.74) is 1.09. The Balaban J connectivity index is 2.62. The number of amides is 1. The van der Waals surface area contributed by atoms with Crippen LogP contribution < -0.4 is 5.32 Å². The lowest BCUT2D eigenvalue weighted by molar-refractivity contribution is -0.115. The van der Waals surface area contributed by atoms with Gasteiger partial charge >= 0.3 is 5.97 Å². The van der Waals surface area contributed by atoms with Crippen LogP contribution in [0, 0.1) is 0 Å². The molecule has 0 saturated heterocycles. The second kappa shape index (κ2) is 7.01. The number of benzene rings is 1. The van der Waals surface area contributed by atoms with E-state index in [2.05, 4.69) is 5.32 Å². The predicted molar refractivity (Wildman–Crippen MR) is 71.0 cm³/mol. The standard InChI is InChI=1S/C13H16ClNO3/c1-9(2)18-13(17)10-3-5-11(6-4-10)15-12(16)7-8-14/h3-6,9H,7-8H2,1-2H3,(H,15,16). The third kappa shape index (κ3) is 4.75. The highest BCUT2D eigenvalue weighted by Crippen LogP contribution is 2.11. The van der Waals surface area contributed by atoms with Crippen LogP contribution in [0.3, 0.4) is 0 Å². The van der Waals surface area contributed by atoms with Crippen LogP contribution in [-0.2, 0) is 9.53 Å². The zero-order chi connectivity index (χ0) is 13.5. The molecule has 0 aliphatic carbocycles. The van der Waals surface area contributed by atoms with Crippen molar-refractivity contribution in [2.75, 3.05) is 11.2 Å². The number of carbonyl (C=O) groups excluding carboxylic acids is 2. The molecular formula is C13H16ClNO3. The van der Waals surface area contributed by atoms with Gasteiger partial charge in [-0.1, -0.05) is 0 Å². The summed E-state index contributed by atoms with van der Waals surface area (Å²) in [6.45, 7) is 3.58. The third-order valence-electron chi connectivity index (χ3n) is 2.07. The Kier molecular flexibility index (Phi) is 5.65. The number of halogens is 1. The molecule has 0 aliphatic heterocycles. The number of ether oxygens (including phenoxy) is 1. The van der Waals surface area contributed by atoms with E-state index in [0.717, 1.165) is 0 Å². The molecule has 98 valence electrons. The SMILES string of the molecule is CC(C)OC(=O)c1ccc(NC(=O)CCCl)cc1. The molecule has 0 saturated carbocycles. The van der Waals surface area contributed by atoms with Gasteiger partial charge in [-0.25, -0.2) is 4.79 Å². The van der Waals surface area contributed by atoms with E-state index < -0.39 is 0 Å². The van der Waals surface area contributed by atoms with Crippen LogP contribution in [0.5, 0.6) is 0 Å². The van der Waals surface area contributed by atoms with Gasteiger partial charge in [0, 0.05) is 18.0 Å². The van der Waals surface area contributed by atoms with Crippen molar-refractivity contribution < 1.29 is 14.3 Å². The Morgan fingerprint density at radius 1 is 1.28 bits per heavy atom. The molecule has 0 atom stereocenters. The van der Waals surface area contributed by atoms with Gasteiger partial charge in [-0.15, -0.1) is 11.6 Å². The summed E-state index contributed by atoms with van der Waals surface area (Å²) < 4.78 is 5.05. The van der Waals surface area contributed by atoms with Gasteiger partial charge in [0.25, 0.3) is 0 Å². The maximum atomic E-state index is 11.6. The number of nitrogens with one attached hydrogen (secondary N) is 1. The minimum Gasteiger partial charge on any atom is -0.459 e. The van der Waals surface area contributed by atoms with Crippen LogP contribution in [0.4, 0.5) is 5.69 Å². The lowest BCUT2D eigenvalue weighted by Gasteiger charge is -2.08. The van der Waals surface area contributed by atoms with Crippen molar-refractivity contribution in [3.8, 4) is 0 Å². The molecule has 0 spiro atoms. The van der Waals surface area contributed by atoms with Gasteiger partial charge in [-0.05, 0) is 38.1 Å². The Morgan fingerprint density at radius 3 is 2.39 bits per heavy atom. The largest absolute Gasteiger partial charge is 0.459 e. The average Bonchev–Trinajstić information content (AvgIpc) is 2.29. The fourth-order valence-corrected chi connectivity index (χ4v) is 1.45. The number of alkyl halides is 1. The Morgan fingerprint density at radius 2 is 1.89 bits per heavy atom. The first-order valence-electron chi connectivity index (χ1n) is 5.69. The molecular weight excluding hydrogens is 254 g/mol. The van der Waals surface area contributed by atoms with Crippen molar-refractivity contribution in [3.63, 3.8) is 0 Å². The summed E-state index contributed by atoms with van der Waals surface area (Å²) in [5.74, 6) is -0.240. The van der Waals surface area contributed by atoms with Gasteiger partial charge in [0.15, 0.2) is 0 Å². The molecule has 1 rings (SSSR count). The molecule has 0 radical (unpaired) electrons. The molecule has 1 aromatic carbocycles. The van der Waals surface area contributed by atoms with Crippen LogP contribution in [0.15, 0.2) is 24.3 Å². The third-order valence-corrected chi connectivity index (χ3v) is 2.26. The normalized spacial score (nSPS) is 10.2. The van der Waals surface area contributed by atoms with Crippen LogP contribution in [-0.4, -0.2) is 23.9 Å². The highest BCUT2D eigenvalue weighted by molar-refractivity contribution is 6.19. The summed E-state index contributed by atoms with van der Waals surface area (Å²) in [4.78, 5) is 22.9. The second-order valence-electron chi connectivity index (χ2n) is 4.02. The lowest BCUT2D eigenvalue weighted by atomic mass is 10.2. The molecule has 0 aliphatic rings. The van der Waals surface area contributed by atoms with Crippen LogP contribution in [0.25, 0.3) is 0 Å². The maximum Gasteiger partial charge on any atom is 0.338 e. The minimum atomic E-state index is -0.372. The van der Waals surface area contributed by atoms with Crippen LogP contribution >= 0.6 is 11.6 Å². The number of hydrogen-bond acceptors (Lipinski definition) is 3. The van der Waals surface area contributed by atoms with Crippen molar-refractivity contribution in [2.24, 2.45) is 0 Å². The fourth-order valence-electron chi connectivity index (χ4n) is 1.28. The Bertz CT molecular complexity index is 415. The van der Waals surface area contributed by atoms with Gasteiger partial charge in [-0.3, -0.25) is 4.79 Å². The van der Waals surface area contributed by atoms with Crippen molar-refractivity contribution in [2.45, 2.75) is 26.4 Å². The predicted octanol–water partition coefficient (Wildman–Crippen LogP) is 2.82. The maximum absolute atomic E-state index is 11.6. The zero-order valence-electron chi connectivity index (χ0n) is 10.4. The van der Waals surface area contributed by atoms with E-state index >= 15 is 0 Å². The molecule has 0 fully saturated rings. The lowest BCUT2D eigenvalue weighted by Crippen LogP contribution is -2.13. The minimum absolute atomic E-state index is 0.150. The van der Waals surface area contributed by atoms with Crippen molar-refractivity contribution in [3.05, 3.63) is 29.8 Å². The van der Waals surface area contributed by atoms with E-state index in [9.17, 15) is 9.59 Å². The first-order chi connectivity index (χ1) is 8.52. The van der Waals surface area contributed by atoms with E-state index in [0.29, 0.717) is 11.3 Å². The number of anilines is 1. The van der Waals surface area contributed by atoms with E-state index in [-0.39, 0.29) is 30.3 Å². The van der Waals surface area contributed by atoms with Gasteiger partial charge < -0.3 is 10.1 Å². The van der Waals surface area contributed by atoms with E-state index in [4.69, 9.17) is 16.3 Å². The number of esters is 1. The van der Waals surface area contributed by atoms with Crippen LogP contribution in [0.2, 0.25) is 0 Å². The van der Waals surface area contributed by atoms with Gasteiger partial charge in [0.05, 0.1) is 11.7 Å². The molecule has 0 unspecified atom stereocenters. The summed E-state index contributed by atoms with van der Waals surface area (Å²) in [7, 11) is 0. The van der Waals surface area contributed by atoms with Crippen LogP contribution in [0.1, 0.15) is 30.6 Å². The molecule has 1 amide bonds. The number of carbonyl (C=O) groups is 2. The number of hydrogen-bond donors (Lipinski definition) is 1. The quantitative estimate of drug-likeness (QED) is 0.661. The molecule has 5 heteroatoms. The molecule has 0 aromatic heterocycles. The van der Waals surface area contributed by atoms with Crippen molar-refractivity contribution in [1.29, 1.82) is 0 Å². The zero-order valence-corrected chi connectivity index (χ0v) is 11.2. The summed E-state index contributed by atoms with van der Waals surface area (Å²) in [6, 6.07) is 6.54. The highest BCUT2D eigenvalue weighted by Gasteiger charge is 2.09. The van der Waals surface area contributed by atoms with Gasteiger partial charge in [0.1, 0.15) is 0 Å². The fraction of sp³-hybridized carbons (Fsp3) is 0.385. The molecule has 0 heterocycles. The molecule has 1 aromatic rings. The first-order valence-corrected chi connectivity index (χ1v) is 6.23. The number of rotatable bonds is 5. The molecule has 0 bridgehead atoms. The molecule has 4 nitrogen and oxygen atoms in total. The highest BCUT2D eigenvalue weighted by atomic mass is 35.5.